The van der Waals surface area contributed by atoms with Crippen LogP contribution in [-0.2, 0) is 17.1 Å². The number of fused-ring (bicyclic) bond motifs is 3. The Kier molecular flexibility index (Phi) is 5.26. The number of hydrogen-bond acceptors (Lipinski definition) is 5. The molecule has 158 valence electrons. The minimum absolute atomic E-state index is 0.253. The summed E-state index contributed by atoms with van der Waals surface area (Å²) in [6.45, 7) is 2.46. The molecule has 3 fully saturated rings. The Bertz CT molecular complexity index is 1110. The zero-order valence-corrected chi connectivity index (χ0v) is 18.6. The first kappa shape index (κ1) is 19.9. The molecule has 0 amide bonds. The lowest BCUT2D eigenvalue weighted by atomic mass is 9.74. The van der Waals surface area contributed by atoms with Crippen molar-refractivity contribution in [1.29, 1.82) is 0 Å². The fourth-order valence-corrected chi connectivity index (χ4v) is 6.72. The van der Waals surface area contributed by atoms with Gasteiger partial charge in [0.05, 0.1) is 9.77 Å². The maximum Gasteiger partial charge on any atom is 0.240 e. The molecule has 2 bridgehead atoms. The minimum atomic E-state index is -3.46. The van der Waals surface area contributed by atoms with Gasteiger partial charge in [0, 0.05) is 37.8 Å². The van der Waals surface area contributed by atoms with E-state index in [1.54, 1.807) is 35.6 Å². The normalized spacial score (nSPS) is 26.2. The highest BCUT2D eigenvalue weighted by atomic mass is 32.2. The number of aryl methyl sites for hydroxylation is 1. The zero-order chi connectivity index (χ0) is 20.7. The van der Waals surface area contributed by atoms with Crippen LogP contribution in [0.15, 0.2) is 58.8 Å². The van der Waals surface area contributed by atoms with E-state index in [1.807, 2.05) is 17.8 Å². The third-order valence-electron chi connectivity index (χ3n) is 6.51. The molecule has 6 rings (SSSR count). The molecule has 3 saturated heterocycles. The molecule has 0 saturated carbocycles. The van der Waals surface area contributed by atoms with Crippen LogP contribution in [0.3, 0.4) is 0 Å². The highest BCUT2D eigenvalue weighted by Crippen LogP contribution is 2.42. The summed E-state index contributed by atoms with van der Waals surface area (Å²) >= 11 is 1.72. The molecule has 0 aliphatic carbocycles. The van der Waals surface area contributed by atoms with E-state index < -0.39 is 10.0 Å². The van der Waals surface area contributed by atoms with Crippen LogP contribution in [0, 0.1) is 5.92 Å². The number of benzene rings is 1. The number of nitrogens with zero attached hydrogens (tertiary/aromatic N) is 3. The van der Waals surface area contributed by atoms with Crippen molar-refractivity contribution in [3.05, 3.63) is 59.6 Å². The Balaban J connectivity index is 1.28. The lowest BCUT2D eigenvalue weighted by Gasteiger charge is -2.49. The fourth-order valence-electron chi connectivity index (χ4n) is 4.95. The van der Waals surface area contributed by atoms with Gasteiger partial charge < -0.3 is 0 Å². The Labute approximate surface area is 181 Å². The number of thiophene rings is 1. The first-order valence-electron chi connectivity index (χ1n) is 10.4. The average Bonchev–Trinajstić information content (AvgIpc) is 3.43. The molecule has 4 atom stereocenters. The topological polar surface area (TPSA) is 67.2 Å². The molecule has 1 N–H and O–H groups in total. The third kappa shape index (κ3) is 3.73. The monoisotopic (exact) mass is 442 g/mol. The second-order valence-corrected chi connectivity index (χ2v) is 11.0. The van der Waals surface area contributed by atoms with E-state index >= 15 is 0 Å². The van der Waals surface area contributed by atoms with Crippen LogP contribution >= 0.6 is 11.3 Å². The summed E-state index contributed by atoms with van der Waals surface area (Å²) in [6.07, 6.45) is 2.17. The highest BCUT2D eigenvalue weighted by molar-refractivity contribution is 7.89. The van der Waals surface area contributed by atoms with Crippen molar-refractivity contribution in [2.24, 2.45) is 13.0 Å². The van der Waals surface area contributed by atoms with Crippen LogP contribution in [0.25, 0.3) is 10.6 Å². The predicted molar refractivity (Wildman–Crippen MR) is 119 cm³/mol. The van der Waals surface area contributed by atoms with Crippen LogP contribution in [0.2, 0.25) is 0 Å². The molecule has 0 radical (unpaired) electrons. The number of rotatable bonds is 6. The fraction of sp³-hybridized carbons (Fsp3) is 0.409. The number of nitrogens with one attached hydrogen (secondary N) is 1. The Hall–Kier alpha value is -2.00. The van der Waals surface area contributed by atoms with Gasteiger partial charge >= 0.3 is 0 Å². The summed E-state index contributed by atoms with van der Waals surface area (Å²) in [4.78, 5) is 3.98. The molecule has 6 nitrogen and oxygen atoms in total. The molecule has 1 unspecified atom stereocenters. The van der Waals surface area contributed by atoms with Crippen molar-refractivity contribution >= 4 is 21.4 Å². The van der Waals surface area contributed by atoms with E-state index in [-0.39, 0.29) is 6.04 Å². The summed E-state index contributed by atoms with van der Waals surface area (Å²) in [5, 5.41) is 6.83. The summed E-state index contributed by atoms with van der Waals surface area (Å²) in [5.74, 6) is 1.01. The Morgan fingerprint density at radius 2 is 2.03 bits per heavy atom. The number of piperidine rings is 3. The first-order valence-corrected chi connectivity index (χ1v) is 12.7. The average molecular weight is 443 g/mol. The molecule has 2 aromatic heterocycles. The van der Waals surface area contributed by atoms with Gasteiger partial charge in [-0.1, -0.05) is 24.3 Å². The van der Waals surface area contributed by atoms with Gasteiger partial charge in [-0.15, -0.1) is 11.3 Å². The largest absolute Gasteiger partial charge is 0.298 e. The predicted octanol–water partition coefficient (Wildman–Crippen LogP) is 3.30. The minimum Gasteiger partial charge on any atom is -0.298 e. The SMILES string of the molecule is Cn1nc(-c2cccs2)cc1[C@@H]1CN2CC[C@H]1C[C@@H]2CNS(=O)(=O)c1ccccc1. The van der Waals surface area contributed by atoms with E-state index in [4.69, 9.17) is 5.10 Å². The standard InChI is InChI=1S/C22H26N4O2S2/c1-25-21(13-20(24-25)22-8-5-11-29-22)19-15-26-10-9-16(19)12-17(26)14-23-30(27,28)18-6-3-2-4-7-18/h2-8,11,13,16-17,19,23H,9-10,12,14-15H2,1H3/t16-,17+,19+/m0/s1. The highest BCUT2D eigenvalue weighted by Gasteiger charge is 2.42. The number of aromatic nitrogens is 2. The van der Waals surface area contributed by atoms with Gasteiger partial charge in [-0.2, -0.15) is 5.10 Å². The van der Waals surface area contributed by atoms with Crippen LogP contribution in [0.4, 0.5) is 0 Å². The van der Waals surface area contributed by atoms with E-state index in [0.717, 1.165) is 31.6 Å². The molecule has 30 heavy (non-hydrogen) atoms. The quantitative estimate of drug-likeness (QED) is 0.636. The summed E-state index contributed by atoms with van der Waals surface area (Å²) in [7, 11) is -1.42. The molecule has 3 aliphatic heterocycles. The van der Waals surface area contributed by atoms with Crippen molar-refractivity contribution in [3.8, 4) is 10.6 Å². The Morgan fingerprint density at radius 3 is 2.73 bits per heavy atom. The van der Waals surface area contributed by atoms with Gasteiger partial charge in [0.2, 0.25) is 10.0 Å². The maximum absolute atomic E-state index is 12.6. The smallest absolute Gasteiger partial charge is 0.240 e. The Morgan fingerprint density at radius 1 is 1.20 bits per heavy atom. The van der Waals surface area contributed by atoms with Crippen molar-refractivity contribution in [3.63, 3.8) is 0 Å². The van der Waals surface area contributed by atoms with E-state index in [0.29, 0.717) is 23.3 Å². The number of sulfonamides is 1. The molecule has 1 aromatic carbocycles. The van der Waals surface area contributed by atoms with Crippen molar-refractivity contribution in [1.82, 2.24) is 19.4 Å². The molecule has 8 heteroatoms. The summed E-state index contributed by atoms with van der Waals surface area (Å²) < 4.78 is 30.0. The van der Waals surface area contributed by atoms with Crippen molar-refractivity contribution in [2.45, 2.75) is 29.7 Å². The maximum atomic E-state index is 12.6. The van der Waals surface area contributed by atoms with Gasteiger partial charge in [0.15, 0.2) is 0 Å². The number of hydrogen-bond donors (Lipinski definition) is 1. The van der Waals surface area contributed by atoms with Gasteiger partial charge in [0.1, 0.15) is 5.69 Å². The van der Waals surface area contributed by atoms with Crippen molar-refractivity contribution in [2.75, 3.05) is 19.6 Å². The second kappa shape index (κ2) is 7.92. The van der Waals surface area contributed by atoms with Crippen LogP contribution < -0.4 is 4.72 Å². The van der Waals surface area contributed by atoms with Gasteiger partial charge in [-0.3, -0.25) is 9.58 Å². The molecule has 5 heterocycles. The molecule has 3 aromatic rings. The molecule has 0 spiro atoms. The summed E-state index contributed by atoms with van der Waals surface area (Å²) in [5.41, 5.74) is 2.34. The first-order chi connectivity index (χ1) is 14.5. The van der Waals surface area contributed by atoms with E-state index in [1.165, 1.54) is 10.6 Å². The second-order valence-electron chi connectivity index (χ2n) is 8.26. The van der Waals surface area contributed by atoms with Crippen molar-refractivity contribution < 1.29 is 8.42 Å². The lowest BCUT2D eigenvalue weighted by molar-refractivity contribution is 0.0306. The molecular weight excluding hydrogens is 416 g/mol. The van der Waals surface area contributed by atoms with Gasteiger partial charge in [0.25, 0.3) is 0 Å². The van der Waals surface area contributed by atoms with E-state index in [2.05, 4.69) is 33.2 Å². The van der Waals surface area contributed by atoms with E-state index in [9.17, 15) is 8.42 Å². The zero-order valence-electron chi connectivity index (χ0n) is 16.9. The molecular formula is C22H26N4O2S2. The van der Waals surface area contributed by atoms with Gasteiger partial charge in [-0.25, -0.2) is 13.1 Å². The van der Waals surface area contributed by atoms with Crippen LogP contribution in [0.5, 0.6) is 0 Å². The molecule has 3 aliphatic rings. The van der Waals surface area contributed by atoms with Gasteiger partial charge in [-0.05, 0) is 54.9 Å². The third-order valence-corrected chi connectivity index (χ3v) is 8.84. The lowest BCUT2D eigenvalue weighted by Crippen LogP contribution is -2.56. The van der Waals surface area contributed by atoms with Crippen LogP contribution in [0.1, 0.15) is 24.5 Å². The van der Waals surface area contributed by atoms with Crippen LogP contribution in [-0.4, -0.2) is 48.8 Å². The summed E-state index contributed by atoms with van der Waals surface area (Å²) in [6, 6.07) is 15.3.